The first-order valence-corrected chi connectivity index (χ1v) is 6.16. The van der Waals surface area contributed by atoms with Gasteiger partial charge >= 0.3 is 0 Å². The van der Waals surface area contributed by atoms with Crippen molar-refractivity contribution in [2.75, 3.05) is 5.32 Å². The number of amides is 1. The number of hydrogen-bond acceptors (Lipinski definition) is 2. The molecule has 0 heterocycles. The quantitative estimate of drug-likeness (QED) is 0.917. The number of nitrogens with zero attached hydrogens (tertiary/aromatic N) is 1. The second-order valence-electron chi connectivity index (χ2n) is 3.75. The number of carbonyl (C=O) groups excluding carboxylic acids is 1. The summed E-state index contributed by atoms with van der Waals surface area (Å²) in [7, 11) is 0. The summed E-state index contributed by atoms with van der Waals surface area (Å²) in [5.74, 6) is -0.945. The molecule has 3 nitrogen and oxygen atoms in total. The Balaban J connectivity index is 2.26. The smallest absolute Gasteiger partial charge is 0.256 e. The van der Waals surface area contributed by atoms with Crippen molar-refractivity contribution in [3.05, 3.63) is 63.9 Å². The molecule has 0 fully saturated rings. The molecule has 0 spiro atoms. The molecule has 0 saturated heterocycles. The predicted molar refractivity (Wildman–Crippen MR) is 73.2 cm³/mol. The van der Waals surface area contributed by atoms with Gasteiger partial charge in [-0.05, 0) is 46.3 Å². The van der Waals surface area contributed by atoms with Gasteiger partial charge in [0.1, 0.15) is 5.82 Å². The van der Waals surface area contributed by atoms with Gasteiger partial charge in [-0.1, -0.05) is 12.1 Å². The standard InChI is InChI=1S/C14H8BrFN2O/c15-13-11(5-2-6-12(13)16)14(19)18-10-4-1-3-9(7-10)8-17/h1-7H,(H,18,19). The molecule has 0 radical (unpaired) electrons. The molecule has 0 aromatic heterocycles. The Morgan fingerprint density at radius 1 is 1.26 bits per heavy atom. The van der Waals surface area contributed by atoms with Crippen molar-refractivity contribution in [2.24, 2.45) is 0 Å². The fourth-order valence-electron chi connectivity index (χ4n) is 1.54. The molecule has 19 heavy (non-hydrogen) atoms. The first-order valence-electron chi connectivity index (χ1n) is 5.37. The minimum Gasteiger partial charge on any atom is -0.322 e. The predicted octanol–water partition coefficient (Wildman–Crippen LogP) is 3.71. The molecule has 2 aromatic rings. The normalized spacial score (nSPS) is 9.74. The number of nitrogens with one attached hydrogen (secondary N) is 1. The first kappa shape index (κ1) is 13.2. The number of rotatable bonds is 2. The molecule has 2 rings (SSSR count). The maximum atomic E-state index is 13.3. The highest BCUT2D eigenvalue weighted by molar-refractivity contribution is 9.10. The Kier molecular flexibility index (Phi) is 3.93. The molecule has 1 amide bonds. The van der Waals surface area contributed by atoms with Gasteiger partial charge in [0.25, 0.3) is 5.91 Å². The van der Waals surface area contributed by atoms with Gasteiger partial charge < -0.3 is 5.32 Å². The van der Waals surface area contributed by atoms with E-state index in [9.17, 15) is 9.18 Å². The van der Waals surface area contributed by atoms with Crippen LogP contribution in [0.25, 0.3) is 0 Å². The van der Waals surface area contributed by atoms with Gasteiger partial charge in [-0.3, -0.25) is 4.79 Å². The molecule has 0 unspecified atom stereocenters. The van der Waals surface area contributed by atoms with E-state index in [2.05, 4.69) is 21.2 Å². The molecule has 0 aliphatic rings. The summed E-state index contributed by atoms with van der Waals surface area (Å²) in [6, 6.07) is 12.7. The van der Waals surface area contributed by atoms with Crippen molar-refractivity contribution in [3.63, 3.8) is 0 Å². The van der Waals surface area contributed by atoms with Gasteiger partial charge in [0.2, 0.25) is 0 Å². The Hall–Kier alpha value is -2.19. The zero-order valence-corrected chi connectivity index (χ0v) is 11.2. The van der Waals surface area contributed by atoms with Crippen LogP contribution in [-0.2, 0) is 0 Å². The lowest BCUT2D eigenvalue weighted by Gasteiger charge is -2.07. The van der Waals surface area contributed by atoms with Crippen molar-refractivity contribution >= 4 is 27.5 Å². The van der Waals surface area contributed by atoms with Crippen LogP contribution in [0, 0.1) is 17.1 Å². The van der Waals surface area contributed by atoms with Gasteiger partial charge in [-0.25, -0.2) is 4.39 Å². The van der Waals surface area contributed by atoms with E-state index in [1.165, 1.54) is 18.2 Å². The van der Waals surface area contributed by atoms with Crippen LogP contribution in [0.1, 0.15) is 15.9 Å². The molecule has 1 N–H and O–H groups in total. The van der Waals surface area contributed by atoms with Gasteiger partial charge in [-0.15, -0.1) is 0 Å². The summed E-state index contributed by atoms with van der Waals surface area (Å²) >= 11 is 3.03. The van der Waals surface area contributed by atoms with Crippen LogP contribution in [0.5, 0.6) is 0 Å². The zero-order chi connectivity index (χ0) is 13.8. The third kappa shape index (κ3) is 2.98. The zero-order valence-electron chi connectivity index (χ0n) is 9.65. The Bertz CT molecular complexity index is 679. The number of hydrogen-bond donors (Lipinski definition) is 1. The van der Waals surface area contributed by atoms with Gasteiger partial charge in [0.15, 0.2) is 0 Å². The first-order chi connectivity index (χ1) is 9.11. The van der Waals surface area contributed by atoms with Crippen LogP contribution in [0.4, 0.5) is 10.1 Å². The lowest BCUT2D eigenvalue weighted by Crippen LogP contribution is -2.13. The molecule has 2 aromatic carbocycles. The maximum absolute atomic E-state index is 13.3. The molecule has 0 atom stereocenters. The lowest BCUT2D eigenvalue weighted by molar-refractivity contribution is 0.102. The van der Waals surface area contributed by atoms with E-state index in [-0.39, 0.29) is 10.0 Å². The molecule has 0 saturated carbocycles. The average Bonchev–Trinajstić information content (AvgIpc) is 2.42. The number of halogens is 2. The highest BCUT2D eigenvalue weighted by Crippen LogP contribution is 2.21. The summed E-state index contributed by atoms with van der Waals surface area (Å²) in [4.78, 5) is 12.0. The Morgan fingerprint density at radius 3 is 2.74 bits per heavy atom. The fraction of sp³-hybridized carbons (Fsp3) is 0. The van der Waals surface area contributed by atoms with Gasteiger partial charge in [-0.2, -0.15) is 5.26 Å². The van der Waals surface area contributed by atoms with E-state index in [1.54, 1.807) is 24.3 Å². The molecule has 94 valence electrons. The highest BCUT2D eigenvalue weighted by Gasteiger charge is 2.13. The van der Waals surface area contributed by atoms with Gasteiger partial charge in [0, 0.05) is 5.69 Å². The minimum absolute atomic E-state index is 0.115. The third-order valence-corrected chi connectivity index (χ3v) is 3.25. The van der Waals surface area contributed by atoms with Crippen LogP contribution in [0.15, 0.2) is 46.9 Å². The molecule has 0 bridgehead atoms. The van der Waals surface area contributed by atoms with Crippen LogP contribution >= 0.6 is 15.9 Å². The van der Waals surface area contributed by atoms with E-state index >= 15 is 0 Å². The number of anilines is 1. The Morgan fingerprint density at radius 2 is 2.00 bits per heavy atom. The highest BCUT2D eigenvalue weighted by atomic mass is 79.9. The fourth-order valence-corrected chi connectivity index (χ4v) is 1.99. The second-order valence-corrected chi connectivity index (χ2v) is 4.54. The number of carbonyl (C=O) groups is 1. The molecule has 5 heteroatoms. The molecular weight excluding hydrogens is 311 g/mol. The molecule has 0 aliphatic heterocycles. The Labute approximate surface area is 117 Å². The van der Waals surface area contributed by atoms with Crippen LogP contribution < -0.4 is 5.32 Å². The SMILES string of the molecule is N#Cc1cccc(NC(=O)c2cccc(F)c2Br)c1. The van der Waals surface area contributed by atoms with Crippen LogP contribution in [0.2, 0.25) is 0 Å². The summed E-state index contributed by atoms with van der Waals surface area (Å²) < 4.78 is 13.4. The largest absolute Gasteiger partial charge is 0.322 e. The average molecular weight is 319 g/mol. The monoisotopic (exact) mass is 318 g/mol. The molecule has 0 aliphatic carbocycles. The summed E-state index contributed by atoms with van der Waals surface area (Å²) in [5, 5.41) is 11.4. The van der Waals surface area contributed by atoms with E-state index in [4.69, 9.17) is 5.26 Å². The summed E-state index contributed by atoms with van der Waals surface area (Å²) in [5.41, 5.74) is 1.12. The second kappa shape index (κ2) is 5.63. The number of nitriles is 1. The van der Waals surface area contributed by atoms with Crippen molar-refractivity contribution < 1.29 is 9.18 Å². The van der Waals surface area contributed by atoms with E-state index in [0.717, 1.165) is 0 Å². The van der Waals surface area contributed by atoms with Crippen molar-refractivity contribution in [1.82, 2.24) is 0 Å². The topological polar surface area (TPSA) is 52.9 Å². The minimum atomic E-state index is -0.501. The molecular formula is C14H8BrFN2O. The third-order valence-electron chi connectivity index (χ3n) is 2.45. The summed E-state index contributed by atoms with van der Waals surface area (Å²) in [6.45, 7) is 0. The van der Waals surface area contributed by atoms with Crippen LogP contribution in [0.3, 0.4) is 0 Å². The summed E-state index contributed by atoms with van der Waals surface area (Å²) in [6.07, 6.45) is 0. The van der Waals surface area contributed by atoms with Crippen molar-refractivity contribution in [1.29, 1.82) is 5.26 Å². The van der Waals surface area contributed by atoms with E-state index in [1.807, 2.05) is 6.07 Å². The van der Waals surface area contributed by atoms with Crippen LogP contribution in [-0.4, -0.2) is 5.91 Å². The number of benzene rings is 2. The van der Waals surface area contributed by atoms with E-state index in [0.29, 0.717) is 11.3 Å². The van der Waals surface area contributed by atoms with Crippen molar-refractivity contribution in [2.45, 2.75) is 0 Å². The lowest BCUT2D eigenvalue weighted by atomic mass is 10.2. The maximum Gasteiger partial charge on any atom is 0.256 e. The van der Waals surface area contributed by atoms with Gasteiger partial charge in [0.05, 0.1) is 21.7 Å². The van der Waals surface area contributed by atoms with Crippen molar-refractivity contribution in [3.8, 4) is 6.07 Å². The van der Waals surface area contributed by atoms with E-state index < -0.39 is 11.7 Å².